The van der Waals surface area contributed by atoms with E-state index in [1.54, 1.807) is 0 Å². The Bertz CT molecular complexity index is 447. The van der Waals surface area contributed by atoms with E-state index in [9.17, 15) is 13.2 Å². The molecule has 2 fully saturated rings. The van der Waals surface area contributed by atoms with E-state index in [2.05, 4.69) is 16.7 Å². The summed E-state index contributed by atoms with van der Waals surface area (Å²) in [7, 11) is -1.19. The van der Waals surface area contributed by atoms with Gasteiger partial charge in [0.15, 0.2) is 0 Å². The third-order valence-electron chi connectivity index (χ3n) is 4.13. The van der Waals surface area contributed by atoms with Crippen LogP contribution in [0.15, 0.2) is 0 Å². The van der Waals surface area contributed by atoms with Gasteiger partial charge in [0.2, 0.25) is 15.9 Å². The molecule has 0 bridgehead atoms. The number of carbonyl (C=O) groups excluding carboxylic acids is 1. The van der Waals surface area contributed by atoms with Gasteiger partial charge in [-0.1, -0.05) is 0 Å². The van der Waals surface area contributed by atoms with E-state index in [1.807, 2.05) is 4.90 Å². The highest BCUT2D eigenvalue weighted by Gasteiger charge is 2.41. The number of amides is 1. The molecule has 0 saturated carbocycles. The number of nitrogens with zero attached hydrogens (tertiary/aromatic N) is 2. The van der Waals surface area contributed by atoms with E-state index in [1.165, 1.54) is 6.42 Å². The highest BCUT2D eigenvalue weighted by atomic mass is 32.2. The van der Waals surface area contributed by atoms with Gasteiger partial charge in [0.25, 0.3) is 0 Å². The van der Waals surface area contributed by atoms with Crippen molar-refractivity contribution < 1.29 is 13.2 Å². The van der Waals surface area contributed by atoms with Gasteiger partial charge in [-0.15, -0.1) is 0 Å². The summed E-state index contributed by atoms with van der Waals surface area (Å²) in [6, 6.07) is 0. The van der Waals surface area contributed by atoms with Crippen LogP contribution in [0, 0.1) is 5.41 Å². The molecule has 1 amide bonds. The molecule has 1 spiro atoms. The lowest BCUT2D eigenvalue weighted by atomic mass is 9.79. The van der Waals surface area contributed by atoms with E-state index in [-0.39, 0.29) is 17.9 Å². The maximum Gasteiger partial charge on any atom is 0.237 e. The lowest BCUT2D eigenvalue weighted by molar-refractivity contribution is -0.133. The average molecular weight is 289 g/mol. The lowest BCUT2D eigenvalue weighted by Gasteiger charge is -2.40. The highest BCUT2D eigenvalue weighted by Crippen LogP contribution is 2.38. The first-order chi connectivity index (χ1) is 8.80. The van der Waals surface area contributed by atoms with E-state index < -0.39 is 10.0 Å². The molecule has 6 nitrogen and oxygen atoms in total. The van der Waals surface area contributed by atoms with Gasteiger partial charge in [-0.05, 0) is 32.9 Å². The van der Waals surface area contributed by atoms with Crippen LogP contribution in [0.3, 0.4) is 0 Å². The Balaban J connectivity index is 1.92. The molecular weight excluding hydrogens is 266 g/mol. The molecular formula is C12H23N3O3S. The van der Waals surface area contributed by atoms with Gasteiger partial charge in [-0.25, -0.2) is 13.1 Å². The van der Waals surface area contributed by atoms with Gasteiger partial charge < -0.3 is 9.80 Å². The van der Waals surface area contributed by atoms with Crippen LogP contribution in [0.4, 0.5) is 0 Å². The van der Waals surface area contributed by atoms with Gasteiger partial charge in [-0.2, -0.15) is 0 Å². The van der Waals surface area contributed by atoms with Crippen molar-refractivity contribution in [2.45, 2.75) is 19.3 Å². The molecule has 0 aromatic heterocycles. The second-order valence-corrected chi connectivity index (χ2v) is 7.83. The summed E-state index contributed by atoms with van der Waals surface area (Å²) >= 11 is 0. The van der Waals surface area contributed by atoms with Crippen molar-refractivity contribution in [3.05, 3.63) is 0 Å². The number of hydrogen-bond acceptors (Lipinski definition) is 4. The van der Waals surface area contributed by atoms with E-state index in [4.69, 9.17) is 0 Å². The average Bonchev–Trinajstić information content (AvgIpc) is 2.66. The third-order valence-corrected chi connectivity index (χ3v) is 4.80. The molecule has 1 atom stereocenters. The molecule has 2 heterocycles. The number of nitrogens with one attached hydrogen (secondary N) is 1. The molecule has 2 aliphatic rings. The first-order valence-corrected chi connectivity index (χ1v) is 8.60. The molecule has 0 radical (unpaired) electrons. The maximum atomic E-state index is 12.1. The van der Waals surface area contributed by atoms with Crippen LogP contribution < -0.4 is 4.72 Å². The van der Waals surface area contributed by atoms with Crippen molar-refractivity contribution >= 4 is 15.9 Å². The molecule has 0 aliphatic carbocycles. The zero-order valence-electron chi connectivity index (χ0n) is 11.7. The molecule has 1 unspecified atom stereocenters. The fourth-order valence-electron chi connectivity index (χ4n) is 3.22. The quantitative estimate of drug-likeness (QED) is 0.759. The SMILES string of the molecule is CN1CCC2(CCCN(C(=O)CNS(C)(=O)=O)C2)C1. The summed E-state index contributed by atoms with van der Waals surface area (Å²) in [6.45, 7) is 3.52. The molecule has 19 heavy (non-hydrogen) atoms. The zero-order valence-corrected chi connectivity index (χ0v) is 12.5. The van der Waals surface area contributed by atoms with Gasteiger partial charge >= 0.3 is 0 Å². The molecule has 110 valence electrons. The minimum absolute atomic E-state index is 0.112. The van der Waals surface area contributed by atoms with Crippen molar-refractivity contribution in [3.8, 4) is 0 Å². The smallest absolute Gasteiger partial charge is 0.237 e. The van der Waals surface area contributed by atoms with Crippen LogP contribution >= 0.6 is 0 Å². The van der Waals surface area contributed by atoms with E-state index >= 15 is 0 Å². The Hall–Kier alpha value is -0.660. The largest absolute Gasteiger partial charge is 0.341 e. The second-order valence-electron chi connectivity index (χ2n) is 6.00. The predicted molar refractivity (Wildman–Crippen MR) is 73.2 cm³/mol. The summed E-state index contributed by atoms with van der Waals surface area (Å²) in [5.41, 5.74) is 0.230. The van der Waals surface area contributed by atoms with Gasteiger partial charge in [0, 0.05) is 25.0 Å². The Kier molecular flexibility index (Phi) is 4.17. The van der Waals surface area contributed by atoms with Crippen molar-refractivity contribution in [3.63, 3.8) is 0 Å². The van der Waals surface area contributed by atoms with Crippen LogP contribution in [-0.4, -0.2) is 70.2 Å². The molecule has 2 aliphatic heterocycles. The minimum atomic E-state index is -3.30. The van der Waals surface area contributed by atoms with Gasteiger partial charge in [0.1, 0.15) is 0 Å². The summed E-state index contributed by atoms with van der Waals surface area (Å²) < 4.78 is 24.3. The summed E-state index contributed by atoms with van der Waals surface area (Å²) in [4.78, 5) is 16.2. The maximum absolute atomic E-state index is 12.1. The van der Waals surface area contributed by atoms with Crippen molar-refractivity contribution in [1.29, 1.82) is 0 Å². The summed E-state index contributed by atoms with van der Waals surface area (Å²) in [5.74, 6) is -0.112. The number of hydrogen-bond donors (Lipinski definition) is 1. The normalized spacial score (nSPS) is 29.1. The Morgan fingerprint density at radius 1 is 1.26 bits per heavy atom. The fourth-order valence-corrected chi connectivity index (χ4v) is 3.60. The van der Waals surface area contributed by atoms with Crippen molar-refractivity contribution in [2.75, 3.05) is 46.0 Å². The van der Waals surface area contributed by atoms with Crippen LogP contribution in [-0.2, 0) is 14.8 Å². The standard InChI is InChI=1S/C12H23N3O3S/c1-14-7-5-12(9-14)4-3-6-15(10-12)11(16)8-13-19(2,17)18/h13H,3-10H2,1-2H3. The Morgan fingerprint density at radius 2 is 2.00 bits per heavy atom. The first-order valence-electron chi connectivity index (χ1n) is 6.71. The van der Waals surface area contributed by atoms with E-state index in [0.29, 0.717) is 0 Å². The Labute approximate surface area is 115 Å². The third kappa shape index (κ3) is 3.90. The first kappa shape index (κ1) is 14.7. The zero-order chi connectivity index (χ0) is 14.1. The number of rotatable bonds is 3. The Morgan fingerprint density at radius 3 is 2.58 bits per heavy atom. The second kappa shape index (κ2) is 5.38. The summed E-state index contributed by atoms with van der Waals surface area (Å²) in [6.07, 6.45) is 4.38. The minimum Gasteiger partial charge on any atom is -0.341 e. The number of carbonyl (C=O) groups is 1. The van der Waals surface area contributed by atoms with Crippen LogP contribution in [0.5, 0.6) is 0 Å². The monoisotopic (exact) mass is 289 g/mol. The highest BCUT2D eigenvalue weighted by molar-refractivity contribution is 7.88. The molecule has 2 rings (SSSR count). The molecule has 0 aromatic rings. The van der Waals surface area contributed by atoms with Gasteiger partial charge in [0.05, 0.1) is 12.8 Å². The van der Waals surface area contributed by atoms with Crippen LogP contribution in [0.2, 0.25) is 0 Å². The molecule has 1 N–H and O–H groups in total. The molecule has 0 aromatic carbocycles. The van der Waals surface area contributed by atoms with E-state index in [0.717, 1.165) is 45.3 Å². The number of sulfonamides is 1. The predicted octanol–water partition coefficient (Wildman–Crippen LogP) is -0.520. The molecule has 2 saturated heterocycles. The lowest BCUT2D eigenvalue weighted by Crippen LogP contribution is -2.49. The van der Waals surface area contributed by atoms with Crippen LogP contribution in [0.1, 0.15) is 19.3 Å². The topological polar surface area (TPSA) is 69.7 Å². The fraction of sp³-hybridized carbons (Fsp3) is 0.917. The molecule has 7 heteroatoms. The van der Waals surface area contributed by atoms with Crippen molar-refractivity contribution in [1.82, 2.24) is 14.5 Å². The van der Waals surface area contributed by atoms with Crippen molar-refractivity contribution in [2.24, 2.45) is 5.41 Å². The summed E-state index contributed by atoms with van der Waals surface area (Å²) in [5, 5.41) is 0. The van der Waals surface area contributed by atoms with Crippen LogP contribution in [0.25, 0.3) is 0 Å². The number of piperidine rings is 1. The van der Waals surface area contributed by atoms with Gasteiger partial charge in [-0.3, -0.25) is 4.79 Å². The number of likely N-dealkylation sites (tertiary alicyclic amines) is 2.